The molecule has 1 aromatic heterocycles. The van der Waals surface area contributed by atoms with Crippen LogP contribution in [0.3, 0.4) is 0 Å². The van der Waals surface area contributed by atoms with Crippen molar-refractivity contribution in [2.45, 2.75) is 31.1 Å². The molecule has 1 amide bonds. The summed E-state index contributed by atoms with van der Waals surface area (Å²) in [5.41, 5.74) is 0.627. The van der Waals surface area contributed by atoms with Gasteiger partial charge in [0.2, 0.25) is 11.9 Å². The second-order valence-electron chi connectivity index (χ2n) is 7.67. The first-order valence-electron chi connectivity index (χ1n) is 10.3. The van der Waals surface area contributed by atoms with Crippen LogP contribution in [-0.4, -0.2) is 39.5 Å². The van der Waals surface area contributed by atoms with Crippen molar-refractivity contribution < 1.29 is 18.0 Å². The van der Waals surface area contributed by atoms with Gasteiger partial charge in [0.25, 0.3) is 0 Å². The van der Waals surface area contributed by atoms with Gasteiger partial charge in [-0.15, -0.1) is 10.2 Å². The quantitative estimate of drug-likeness (QED) is 0.452. The van der Waals surface area contributed by atoms with Gasteiger partial charge in [-0.1, -0.05) is 41.1 Å². The fourth-order valence-corrected chi connectivity index (χ4v) is 4.49. The van der Waals surface area contributed by atoms with E-state index in [9.17, 15) is 18.0 Å². The molecule has 1 aliphatic rings. The van der Waals surface area contributed by atoms with Crippen molar-refractivity contribution in [3.05, 3.63) is 58.6 Å². The van der Waals surface area contributed by atoms with Gasteiger partial charge < -0.3 is 10.2 Å². The number of anilines is 2. The summed E-state index contributed by atoms with van der Waals surface area (Å²) in [5, 5.41) is 11.4. The Morgan fingerprint density at radius 1 is 1.12 bits per heavy atom. The van der Waals surface area contributed by atoms with E-state index in [-0.39, 0.29) is 16.5 Å². The Kier molecular flexibility index (Phi) is 6.85. The molecule has 0 radical (unpaired) electrons. The molecule has 0 saturated carbocycles. The lowest BCUT2D eigenvalue weighted by atomic mass is 10.1. The van der Waals surface area contributed by atoms with Gasteiger partial charge in [0.05, 0.1) is 22.7 Å². The number of nitrogens with one attached hydrogen (secondary N) is 1. The molecule has 2 aromatic carbocycles. The fraction of sp³-hybridized carbons (Fsp3) is 0.318. The molecule has 11 heteroatoms. The van der Waals surface area contributed by atoms with Crippen LogP contribution in [0.2, 0.25) is 5.02 Å². The van der Waals surface area contributed by atoms with E-state index in [4.69, 9.17) is 11.6 Å². The molecule has 3 aromatic rings. The number of amides is 1. The minimum atomic E-state index is -4.64. The number of hydrogen-bond donors (Lipinski definition) is 1. The lowest BCUT2D eigenvalue weighted by Gasteiger charge is -2.18. The van der Waals surface area contributed by atoms with Gasteiger partial charge >= 0.3 is 6.18 Å². The standard InChI is InChI=1S/C22H21ClF3N5OS/c1-14-4-7-16(8-5-14)31-20(30-10-2-3-11-30)28-29-21(31)33-13-19(32)27-18-9-6-15(23)12-17(18)22(24,25)26/h4-9,12H,2-3,10-11,13H2,1H3,(H,27,32). The first-order valence-corrected chi connectivity index (χ1v) is 11.7. The van der Waals surface area contributed by atoms with E-state index >= 15 is 0 Å². The van der Waals surface area contributed by atoms with E-state index in [1.54, 1.807) is 0 Å². The van der Waals surface area contributed by atoms with Crippen molar-refractivity contribution >= 4 is 40.9 Å². The predicted molar refractivity (Wildman–Crippen MR) is 123 cm³/mol. The zero-order valence-electron chi connectivity index (χ0n) is 17.7. The van der Waals surface area contributed by atoms with Crippen molar-refractivity contribution in [3.8, 4) is 5.69 Å². The van der Waals surface area contributed by atoms with Gasteiger partial charge in [0.15, 0.2) is 5.16 Å². The minimum absolute atomic E-state index is 0.0599. The number of aryl methyl sites for hydroxylation is 1. The van der Waals surface area contributed by atoms with E-state index in [0.717, 1.165) is 61.1 Å². The number of halogens is 4. The zero-order chi connectivity index (χ0) is 23.6. The molecule has 0 spiro atoms. The topological polar surface area (TPSA) is 63.1 Å². The molecule has 0 bridgehead atoms. The molecule has 1 fully saturated rings. The third-order valence-electron chi connectivity index (χ3n) is 5.19. The number of carbonyl (C=O) groups is 1. The number of alkyl halides is 3. The first-order chi connectivity index (χ1) is 15.7. The summed E-state index contributed by atoms with van der Waals surface area (Å²) in [7, 11) is 0. The van der Waals surface area contributed by atoms with Gasteiger partial charge in [-0.25, -0.2) is 0 Å². The molecule has 0 unspecified atom stereocenters. The Bertz CT molecular complexity index is 1140. The lowest BCUT2D eigenvalue weighted by molar-refractivity contribution is -0.137. The molecule has 6 nitrogen and oxygen atoms in total. The average molecular weight is 496 g/mol. The Labute approximate surface area is 198 Å². The summed E-state index contributed by atoms with van der Waals surface area (Å²) in [6, 6.07) is 11.1. The van der Waals surface area contributed by atoms with Gasteiger partial charge in [0.1, 0.15) is 0 Å². The summed E-state index contributed by atoms with van der Waals surface area (Å²) < 4.78 is 41.8. The van der Waals surface area contributed by atoms with Crippen molar-refractivity contribution in [1.82, 2.24) is 14.8 Å². The van der Waals surface area contributed by atoms with Crippen molar-refractivity contribution in [2.75, 3.05) is 29.1 Å². The Hall–Kier alpha value is -2.72. The van der Waals surface area contributed by atoms with Crippen LogP contribution in [0.25, 0.3) is 5.69 Å². The lowest BCUT2D eigenvalue weighted by Crippen LogP contribution is -2.22. The van der Waals surface area contributed by atoms with Gasteiger partial charge in [0, 0.05) is 18.1 Å². The molecule has 2 heterocycles. The molecule has 0 atom stereocenters. The molecule has 33 heavy (non-hydrogen) atoms. The number of aromatic nitrogens is 3. The average Bonchev–Trinajstić information content (AvgIpc) is 3.43. The minimum Gasteiger partial charge on any atom is -0.341 e. The predicted octanol–water partition coefficient (Wildman–Crippen LogP) is 5.58. The highest BCUT2D eigenvalue weighted by molar-refractivity contribution is 7.99. The molecule has 4 rings (SSSR count). The summed E-state index contributed by atoms with van der Waals surface area (Å²) in [6.07, 6.45) is -2.51. The molecule has 1 aliphatic heterocycles. The van der Waals surface area contributed by atoms with Crippen LogP contribution in [-0.2, 0) is 11.0 Å². The molecule has 1 saturated heterocycles. The highest BCUT2D eigenvalue weighted by Gasteiger charge is 2.34. The number of nitrogens with zero attached hydrogens (tertiary/aromatic N) is 4. The van der Waals surface area contributed by atoms with E-state index in [1.165, 1.54) is 6.07 Å². The fourth-order valence-electron chi connectivity index (χ4n) is 3.57. The summed E-state index contributed by atoms with van der Waals surface area (Å²) in [6.45, 7) is 3.72. The number of thioether (sulfide) groups is 1. The maximum Gasteiger partial charge on any atom is 0.418 e. The third kappa shape index (κ3) is 5.44. The number of hydrogen-bond acceptors (Lipinski definition) is 5. The van der Waals surface area contributed by atoms with E-state index in [1.807, 2.05) is 35.8 Å². The van der Waals surface area contributed by atoms with Crippen LogP contribution in [0.5, 0.6) is 0 Å². The summed E-state index contributed by atoms with van der Waals surface area (Å²) >= 11 is 6.82. The molecule has 1 N–H and O–H groups in total. The van der Waals surface area contributed by atoms with E-state index in [2.05, 4.69) is 20.4 Å². The largest absolute Gasteiger partial charge is 0.418 e. The third-order valence-corrected chi connectivity index (χ3v) is 6.35. The SMILES string of the molecule is Cc1ccc(-n2c(SCC(=O)Nc3ccc(Cl)cc3C(F)(F)F)nnc2N2CCCC2)cc1. The Morgan fingerprint density at radius 2 is 1.82 bits per heavy atom. The van der Waals surface area contributed by atoms with Crippen molar-refractivity contribution in [2.24, 2.45) is 0 Å². The highest BCUT2D eigenvalue weighted by Crippen LogP contribution is 2.36. The van der Waals surface area contributed by atoms with Crippen LogP contribution in [0.15, 0.2) is 47.6 Å². The Balaban J connectivity index is 1.54. The summed E-state index contributed by atoms with van der Waals surface area (Å²) in [4.78, 5) is 14.6. The smallest absolute Gasteiger partial charge is 0.341 e. The number of benzene rings is 2. The molecular formula is C22H21ClF3N5OS. The molecule has 174 valence electrons. The van der Waals surface area contributed by atoms with Crippen molar-refractivity contribution in [3.63, 3.8) is 0 Å². The van der Waals surface area contributed by atoms with Crippen molar-refractivity contribution in [1.29, 1.82) is 0 Å². The van der Waals surface area contributed by atoms with Crippen LogP contribution < -0.4 is 10.2 Å². The molecule has 0 aliphatic carbocycles. The molecular weight excluding hydrogens is 475 g/mol. The second-order valence-corrected chi connectivity index (χ2v) is 9.05. The van der Waals surface area contributed by atoms with Gasteiger partial charge in [-0.05, 0) is 50.1 Å². The van der Waals surface area contributed by atoms with Crippen LogP contribution in [0, 0.1) is 6.92 Å². The monoisotopic (exact) mass is 495 g/mol. The zero-order valence-corrected chi connectivity index (χ0v) is 19.3. The maximum atomic E-state index is 13.3. The number of rotatable bonds is 6. The normalized spacial score (nSPS) is 14.0. The highest BCUT2D eigenvalue weighted by atomic mass is 35.5. The second kappa shape index (κ2) is 9.64. The van der Waals surface area contributed by atoms with Crippen LogP contribution in [0.4, 0.5) is 24.8 Å². The van der Waals surface area contributed by atoms with Gasteiger partial charge in [-0.2, -0.15) is 13.2 Å². The van der Waals surface area contributed by atoms with E-state index in [0.29, 0.717) is 11.1 Å². The Morgan fingerprint density at radius 3 is 2.48 bits per heavy atom. The maximum absolute atomic E-state index is 13.3. The van der Waals surface area contributed by atoms with E-state index < -0.39 is 17.6 Å². The van der Waals surface area contributed by atoms with Crippen LogP contribution in [0.1, 0.15) is 24.0 Å². The number of carbonyl (C=O) groups excluding carboxylic acids is 1. The first kappa shape index (κ1) is 23.4. The summed E-state index contributed by atoms with van der Waals surface area (Å²) in [5.74, 6) is -0.0329. The van der Waals surface area contributed by atoms with Gasteiger partial charge in [-0.3, -0.25) is 9.36 Å². The van der Waals surface area contributed by atoms with Crippen LogP contribution >= 0.6 is 23.4 Å².